The number of ether oxygens (including phenoxy) is 2. The molecule has 2 aromatic rings. The molecule has 0 bridgehead atoms. The van der Waals surface area contributed by atoms with E-state index in [1.54, 1.807) is 26.2 Å². The Labute approximate surface area is 139 Å². The Balaban J connectivity index is 2.23. The number of nitrogens with zero attached hydrogens (tertiary/aromatic N) is 2. The van der Waals surface area contributed by atoms with E-state index < -0.39 is 0 Å². The van der Waals surface area contributed by atoms with Crippen molar-refractivity contribution in [1.82, 2.24) is 4.98 Å². The number of nitriles is 1. The fourth-order valence-corrected chi connectivity index (χ4v) is 2.66. The summed E-state index contributed by atoms with van der Waals surface area (Å²) in [6, 6.07) is 13.1. The van der Waals surface area contributed by atoms with E-state index in [-0.39, 0.29) is 11.7 Å². The first-order chi connectivity index (χ1) is 11.2. The Morgan fingerprint density at radius 3 is 2.61 bits per heavy atom. The molecule has 0 unspecified atom stereocenters. The highest BCUT2D eigenvalue weighted by molar-refractivity contribution is 7.99. The van der Waals surface area contributed by atoms with E-state index in [1.165, 1.54) is 11.8 Å². The number of benzene rings is 1. The van der Waals surface area contributed by atoms with Crippen molar-refractivity contribution in [2.45, 2.75) is 11.9 Å². The number of methoxy groups -OCH3 is 1. The normalized spacial score (nSPS) is 9.96. The number of aromatic nitrogens is 1. The maximum absolute atomic E-state index is 11.5. The van der Waals surface area contributed by atoms with E-state index in [1.807, 2.05) is 24.3 Å². The van der Waals surface area contributed by atoms with Crippen molar-refractivity contribution >= 4 is 17.7 Å². The second-order valence-electron chi connectivity index (χ2n) is 4.48. The van der Waals surface area contributed by atoms with E-state index in [9.17, 15) is 10.1 Å². The van der Waals surface area contributed by atoms with Crippen LogP contribution in [0.1, 0.15) is 12.5 Å². The van der Waals surface area contributed by atoms with Crippen LogP contribution < -0.4 is 4.74 Å². The van der Waals surface area contributed by atoms with Gasteiger partial charge >= 0.3 is 5.97 Å². The number of esters is 1. The lowest BCUT2D eigenvalue weighted by Crippen LogP contribution is -2.07. The number of thioether (sulfide) groups is 1. The summed E-state index contributed by atoms with van der Waals surface area (Å²) in [6.07, 6.45) is 0. The molecule has 1 aromatic carbocycles. The van der Waals surface area contributed by atoms with Crippen LogP contribution in [0.4, 0.5) is 0 Å². The first kappa shape index (κ1) is 16.8. The Morgan fingerprint density at radius 2 is 2.00 bits per heavy atom. The monoisotopic (exact) mass is 328 g/mol. The zero-order valence-electron chi connectivity index (χ0n) is 12.9. The van der Waals surface area contributed by atoms with Gasteiger partial charge in [0.2, 0.25) is 0 Å². The van der Waals surface area contributed by atoms with Crippen molar-refractivity contribution in [3.8, 4) is 23.1 Å². The average molecular weight is 328 g/mol. The molecule has 0 spiro atoms. The summed E-state index contributed by atoms with van der Waals surface area (Å²) in [6.45, 7) is 2.09. The minimum atomic E-state index is -0.321. The maximum Gasteiger partial charge on any atom is 0.316 e. The number of pyridine rings is 1. The Bertz CT molecular complexity index is 724. The number of hydrogen-bond acceptors (Lipinski definition) is 6. The largest absolute Gasteiger partial charge is 0.497 e. The molecule has 0 N–H and O–H groups in total. The lowest BCUT2D eigenvalue weighted by Gasteiger charge is -2.07. The molecule has 0 amide bonds. The zero-order chi connectivity index (χ0) is 16.7. The van der Waals surface area contributed by atoms with Crippen LogP contribution in [0.3, 0.4) is 0 Å². The average Bonchev–Trinajstić information content (AvgIpc) is 2.60. The molecule has 0 fully saturated rings. The summed E-state index contributed by atoms with van der Waals surface area (Å²) in [5.41, 5.74) is 2.09. The SMILES string of the molecule is CCOC(=O)CSc1nc(-c2ccc(OC)cc2)ccc1C#N. The number of carbonyl (C=O) groups is 1. The fourth-order valence-electron chi connectivity index (χ4n) is 1.89. The number of hydrogen-bond donors (Lipinski definition) is 0. The summed E-state index contributed by atoms with van der Waals surface area (Å²) in [5.74, 6) is 0.569. The second kappa shape index (κ2) is 8.20. The molecule has 2 rings (SSSR count). The highest BCUT2D eigenvalue weighted by Gasteiger charge is 2.11. The van der Waals surface area contributed by atoms with Crippen molar-refractivity contribution in [2.24, 2.45) is 0 Å². The lowest BCUT2D eigenvalue weighted by atomic mass is 10.1. The summed E-state index contributed by atoms with van der Waals surface area (Å²) >= 11 is 1.20. The molecule has 0 saturated carbocycles. The standard InChI is InChI=1S/C17H16N2O3S/c1-3-22-16(20)11-23-17-13(10-18)6-9-15(19-17)12-4-7-14(21-2)8-5-12/h4-9H,3,11H2,1-2H3. The third-order valence-corrected chi connectivity index (χ3v) is 3.96. The highest BCUT2D eigenvalue weighted by Crippen LogP contribution is 2.26. The first-order valence-corrected chi connectivity index (χ1v) is 8.00. The molecule has 6 heteroatoms. The van der Waals surface area contributed by atoms with Gasteiger partial charge in [0.25, 0.3) is 0 Å². The van der Waals surface area contributed by atoms with E-state index in [4.69, 9.17) is 9.47 Å². The molecule has 23 heavy (non-hydrogen) atoms. The van der Waals surface area contributed by atoms with Gasteiger partial charge in [0.1, 0.15) is 16.8 Å². The van der Waals surface area contributed by atoms with Gasteiger partial charge in [-0.3, -0.25) is 4.79 Å². The van der Waals surface area contributed by atoms with Gasteiger partial charge in [-0.05, 0) is 43.3 Å². The van der Waals surface area contributed by atoms with Crippen molar-refractivity contribution in [2.75, 3.05) is 19.5 Å². The second-order valence-corrected chi connectivity index (χ2v) is 5.45. The van der Waals surface area contributed by atoms with Gasteiger partial charge in [0.05, 0.1) is 30.7 Å². The Morgan fingerprint density at radius 1 is 1.26 bits per heavy atom. The molecular weight excluding hydrogens is 312 g/mol. The van der Waals surface area contributed by atoms with E-state index in [0.717, 1.165) is 17.0 Å². The molecule has 0 aliphatic heterocycles. The van der Waals surface area contributed by atoms with Crippen molar-refractivity contribution in [3.63, 3.8) is 0 Å². The predicted octanol–water partition coefficient (Wildman–Crippen LogP) is 3.28. The Kier molecular flexibility index (Phi) is 6.01. The van der Waals surface area contributed by atoms with Gasteiger partial charge < -0.3 is 9.47 Å². The Hall–Kier alpha value is -2.52. The smallest absolute Gasteiger partial charge is 0.316 e. The topological polar surface area (TPSA) is 72.2 Å². The van der Waals surface area contributed by atoms with Crippen LogP contribution in [0.5, 0.6) is 5.75 Å². The molecule has 5 nitrogen and oxygen atoms in total. The minimum Gasteiger partial charge on any atom is -0.497 e. The molecule has 0 radical (unpaired) electrons. The molecule has 1 heterocycles. The minimum absolute atomic E-state index is 0.127. The van der Waals surface area contributed by atoms with Gasteiger partial charge in [0.15, 0.2) is 0 Å². The highest BCUT2D eigenvalue weighted by atomic mass is 32.2. The number of rotatable bonds is 6. The molecule has 1 aromatic heterocycles. The van der Waals surface area contributed by atoms with Crippen LogP contribution in [0.15, 0.2) is 41.4 Å². The fraction of sp³-hybridized carbons (Fsp3) is 0.235. The maximum atomic E-state index is 11.5. The van der Waals surface area contributed by atoms with Crippen LogP contribution in [-0.2, 0) is 9.53 Å². The summed E-state index contributed by atoms with van der Waals surface area (Å²) in [7, 11) is 1.61. The first-order valence-electron chi connectivity index (χ1n) is 7.02. The zero-order valence-corrected chi connectivity index (χ0v) is 13.7. The van der Waals surface area contributed by atoms with Crippen molar-refractivity contribution in [3.05, 3.63) is 42.0 Å². The number of carbonyl (C=O) groups excluding carboxylic acids is 1. The van der Waals surface area contributed by atoms with Crippen LogP contribution in [0, 0.1) is 11.3 Å². The van der Waals surface area contributed by atoms with Crippen LogP contribution in [-0.4, -0.2) is 30.4 Å². The third-order valence-electron chi connectivity index (χ3n) is 3.00. The molecule has 0 aliphatic carbocycles. The van der Waals surface area contributed by atoms with Gasteiger partial charge in [-0.1, -0.05) is 11.8 Å². The predicted molar refractivity (Wildman–Crippen MR) is 88.3 cm³/mol. The lowest BCUT2D eigenvalue weighted by molar-refractivity contribution is -0.139. The van der Waals surface area contributed by atoms with Crippen LogP contribution in [0.25, 0.3) is 11.3 Å². The summed E-state index contributed by atoms with van der Waals surface area (Å²) in [5, 5.41) is 9.70. The van der Waals surface area contributed by atoms with Crippen molar-refractivity contribution < 1.29 is 14.3 Å². The molecule has 118 valence electrons. The molecule has 0 saturated heterocycles. The van der Waals surface area contributed by atoms with Crippen molar-refractivity contribution in [1.29, 1.82) is 5.26 Å². The van der Waals surface area contributed by atoms with E-state index >= 15 is 0 Å². The van der Waals surface area contributed by atoms with E-state index in [0.29, 0.717) is 17.2 Å². The quantitative estimate of drug-likeness (QED) is 0.598. The molecule has 0 atom stereocenters. The van der Waals surface area contributed by atoms with Gasteiger partial charge in [0, 0.05) is 5.56 Å². The third kappa shape index (κ3) is 4.47. The molecular formula is C17H16N2O3S. The van der Waals surface area contributed by atoms with Crippen LogP contribution in [0.2, 0.25) is 0 Å². The van der Waals surface area contributed by atoms with Gasteiger partial charge in [-0.25, -0.2) is 4.98 Å². The van der Waals surface area contributed by atoms with E-state index in [2.05, 4.69) is 11.1 Å². The summed E-state index contributed by atoms with van der Waals surface area (Å²) < 4.78 is 10.0. The van der Waals surface area contributed by atoms with Gasteiger partial charge in [-0.15, -0.1) is 0 Å². The summed E-state index contributed by atoms with van der Waals surface area (Å²) in [4.78, 5) is 16.0. The van der Waals surface area contributed by atoms with Crippen LogP contribution >= 0.6 is 11.8 Å². The molecule has 0 aliphatic rings. The van der Waals surface area contributed by atoms with Gasteiger partial charge in [-0.2, -0.15) is 5.26 Å².